The van der Waals surface area contributed by atoms with E-state index in [1.165, 1.54) is 0 Å². The summed E-state index contributed by atoms with van der Waals surface area (Å²) in [5.41, 5.74) is 1.29. The van der Waals surface area contributed by atoms with Crippen LogP contribution in [0.1, 0.15) is 5.69 Å². The number of hydrogen-bond donors (Lipinski definition) is 0. The molecule has 0 fully saturated rings. The van der Waals surface area contributed by atoms with Crippen LogP contribution in [0.5, 0.6) is 5.75 Å². The summed E-state index contributed by atoms with van der Waals surface area (Å²) in [6.45, 7) is 0. The van der Waals surface area contributed by atoms with E-state index in [-0.39, 0.29) is 0 Å². The lowest BCUT2D eigenvalue weighted by molar-refractivity contribution is 0.415. The molecular weight excluding hydrogens is 282 g/mol. The van der Waals surface area contributed by atoms with Crippen molar-refractivity contribution in [3.8, 4) is 23.2 Å². The van der Waals surface area contributed by atoms with Crippen LogP contribution in [-0.2, 0) is 7.05 Å². The maximum absolute atomic E-state index is 8.92. The maximum Gasteiger partial charge on any atom is 0.173 e. The van der Waals surface area contributed by atoms with Crippen molar-refractivity contribution < 1.29 is 4.74 Å². The summed E-state index contributed by atoms with van der Waals surface area (Å²) in [7, 11) is 3.47. The molecule has 0 bridgehead atoms. The topological polar surface area (TPSA) is 50.8 Å². The van der Waals surface area contributed by atoms with Gasteiger partial charge in [-0.3, -0.25) is 0 Å². The van der Waals surface area contributed by atoms with Gasteiger partial charge in [-0.05, 0) is 28.1 Å². The van der Waals surface area contributed by atoms with Gasteiger partial charge in [0.2, 0.25) is 0 Å². The van der Waals surface area contributed by atoms with Gasteiger partial charge in [-0.25, -0.2) is 4.98 Å². The number of benzene rings is 1. The number of rotatable bonds is 2. The van der Waals surface area contributed by atoms with E-state index in [0.717, 1.165) is 17.1 Å². The molecule has 5 heteroatoms. The average Bonchev–Trinajstić information content (AvgIpc) is 2.66. The Kier molecular flexibility index (Phi) is 3.16. The molecule has 0 atom stereocenters. The Hall–Kier alpha value is -1.80. The summed E-state index contributed by atoms with van der Waals surface area (Å²) in [5, 5.41) is 8.92. The maximum atomic E-state index is 8.92. The molecule has 86 valence electrons. The van der Waals surface area contributed by atoms with E-state index < -0.39 is 0 Å². The van der Waals surface area contributed by atoms with Crippen LogP contribution in [-0.4, -0.2) is 16.7 Å². The molecule has 0 aliphatic heterocycles. The van der Waals surface area contributed by atoms with E-state index in [0.29, 0.717) is 10.3 Å². The number of nitrogens with zero attached hydrogens (tertiary/aromatic N) is 3. The third-order valence-electron chi connectivity index (χ3n) is 2.46. The molecule has 0 aliphatic rings. The SMILES string of the molecule is COc1cccc(-c2nc(C#N)c(Br)n2C)c1. The number of methoxy groups -OCH3 is 1. The minimum atomic E-state index is 0.380. The Morgan fingerprint density at radius 3 is 2.82 bits per heavy atom. The lowest BCUT2D eigenvalue weighted by atomic mass is 10.2. The quantitative estimate of drug-likeness (QED) is 0.855. The second-order valence-electron chi connectivity index (χ2n) is 3.48. The summed E-state index contributed by atoms with van der Waals surface area (Å²) < 4.78 is 7.67. The van der Waals surface area contributed by atoms with E-state index in [1.807, 2.05) is 41.9 Å². The monoisotopic (exact) mass is 291 g/mol. The van der Waals surface area contributed by atoms with E-state index in [9.17, 15) is 0 Å². The highest BCUT2D eigenvalue weighted by atomic mass is 79.9. The second-order valence-corrected chi connectivity index (χ2v) is 4.23. The van der Waals surface area contributed by atoms with Gasteiger partial charge in [0.1, 0.15) is 22.2 Å². The fourth-order valence-electron chi connectivity index (χ4n) is 1.57. The number of halogens is 1. The van der Waals surface area contributed by atoms with Gasteiger partial charge in [-0.1, -0.05) is 12.1 Å². The first-order valence-corrected chi connectivity index (χ1v) is 5.73. The fraction of sp³-hybridized carbons (Fsp3) is 0.167. The number of ether oxygens (including phenoxy) is 1. The van der Waals surface area contributed by atoms with Gasteiger partial charge in [0.15, 0.2) is 5.69 Å². The molecule has 0 spiro atoms. The van der Waals surface area contributed by atoms with Crippen molar-refractivity contribution in [1.82, 2.24) is 9.55 Å². The summed E-state index contributed by atoms with van der Waals surface area (Å²) in [6.07, 6.45) is 0. The molecule has 17 heavy (non-hydrogen) atoms. The van der Waals surface area contributed by atoms with Crippen LogP contribution in [0.3, 0.4) is 0 Å². The van der Waals surface area contributed by atoms with Crippen molar-refractivity contribution in [2.24, 2.45) is 7.05 Å². The number of aromatic nitrogens is 2. The zero-order chi connectivity index (χ0) is 12.4. The third-order valence-corrected chi connectivity index (χ3v) is 3.37. The molecule has 0 saturated carbocycles. The molecule has 0 aliphatic carbocycles. The number of imidazole rings is 1. The molecule has 2 rings (SSSR count). The normalized spacial score (nSPS) is 10.0. The van der Waals surface area contributed by atoms with E-state index in [1.54, 1.807) is 7.11 Å². The fourth-order valence-corrected chi connectivity index (χ4v) is 1.92. The molecule has 0 unspecified atom stereocenters. The molecule has 1 heterocycles. The van der Waals surface area contributed by atoms with Crippen LogP contribution in [0.15, 0.2) is 28.9 Å². The molecule has 4 nitrogen and oxygen atoms in total. The van der Waals surface area contributed by atoms with Crippen LogP contribution in [0.4, 0.5) is 0 Å². The van der Waals surface area contributed by atoms with Gasteiger partial charge in [0.25, 0.3) is 0 Å². The summed E-state index contributed by atoms with van der Waals surface area (Å²) in [6, 6.07) is 9.62. The van der Waals surface area contributed by atoms with Crippen molar-refractivity contribution in [3.05, 3.63) is 34.6 Å². The second kappa shape index (κ2) is 4.60. The highest BCUT2D eigenvalue weighted by Crippen LogP contribution is 2.27. The minimum Gasteiger partial charge on any atom is -0.497 e. The van der Waals surface area contributed by atoms with Gasteiger partial charge >= 0.3 is 0 Å². The molecule has 1 aromatic heterocycles. The highest BCUT2D eigenvalue weighted by Gasteiger charge is 2.13. The number of hydrogen-bond acceptors (Lipinski definition) is 3. The van der Waals surface area contributed by atoms with Crippen molar-refractivity contribution in [2.45, 2.75) is 0 Å². The lowest BCUT2D eigenvalue weighted by Crippen LogP contribution is -1.93. The highest BCUT2D eigenvalue weighted by molar-refractivity contribution is 9.10. The van der Waals surface area contributed by atoms with Crippen molar-refractivity contribution in [2.75, 3.05) is 7.11 Å². The Labute approximate surface area is 108 Å². The van der Waals surface area contributed by atoms with Crippen molar-refractivity contribution in [3.63, 3.8) is 0 Å². The van der Waals surface area contributed by atoms with Crippen LogP contribution >= 0.6 is 15.9 Å². The van der Waals surface area contributed by atoms with E-state index >= 15 is 0 Å². The first kappa shape index (κ1) is 11.7. The van der Waals surface area contributed by atoms with Crippen LogP contribution in [0.25, 0.3) is 11.4 Å². The Morgan fingerprint density at radius 2 is 2.24 bits per heavy atom. The van der Waals surface area contributed by atoms with Crippen LogP contribution in [0, 0.1) is 11.3 Å². The molecule has 0 N–H and O–H groups in total. The molecule has 0 amide bonds. The van der Waals surface area contributed by atoms with E-state index in [2.05, 4.69) is 20.9 Å². The molecular formula is C12H10BrN3O. The zero-order valence-electron chi connectivity index (χ0n) is 9.44. The first-order chi connectivity index (χ1) is 8.17. The molecule has 1 aromatic carbocycles. The van der Waals surface area contributed by atoms with E-state index in [4.69, 9.17) is 10.00 Å². The van der Waals surface area contributed by atoms with Crippen molar-refractivity contribution in [1.29, 1.82) is 5.26 Å². The van der Waals surface area contributed by atoms with Gasteiger partial charge < -0.3 is 9.30 Å². The predicted octanol–water partition coefficient (Wildman–Crippen LogP) is 2.73. The number of nitriles is 1. The van der Waals surface area contributed by atoms with Crippen LogP contribution < -0.4 is 4.74 Å². The third kappa shape index (κ3) is 2.04. The largest absolute Gasteiger partial charge is 0.497 e. The average molecular weight is 292 g/mol. The lowest BCUT2D eigenvalue weighted by Gasteiger charge is -2.04. The predicted molar refractivity (Wildman–Crippen MR) is 67.6 cm³/mol. The van der Waals surface area contributed by atoms with Gasteiger partial charge in [-0.15, -0.1) is 0 Å². The Bertz CT molecular complexity index is 598. The molecule has 0 radical (unpaired) electrons. The van der Waals surface area contributed by atoms with Gasteiger partial charge in [-0.2, -0.15) is 5.26 Å². The molecule has 0 saturated heterocycles. The van der Waals surface area contributed by atoms with Crippen LogP contribution in [0.2, 0.25) is 0 Å². The first-order valence-electron chi connectivity index (χ1n) is 4.94. The summed E-state index contributed by atoms with van der Waals surface area (Å²) in [4.78, 5) is 4.27. The molecule has 2 aromatic rings. The van der Waals surface area contributed by atoms with Gasteiger partial charge in [0, 0.05) is 12.6 Å². The standard InChI is InChI=1S/C12H10BrN3O/c1-16-11(13)10(7-14)15-12(16)8-4-3-5-9(6-8)17-2/h3-6H,1-2H3. The summed E-state index contributed by atoms with van der Waals surface area (Å²) >= 11 is 3.34. The Morgan fingerprint density at radius 1 is 1.47 bits per heavy atom. The zero-order valence-corrected chi connectivity index (χ0v) is 11.0. The minimum absolute atomic E-state index is 0.380. The Balaban J connectivity index is 2.57. The van der Waals surface area contributed by atoms with Crippen molar-refractivity contribution >= 4 is 15.9 Å². The summed E-state index contributed by atoms with van der Waals surface area (Å²) in [5.74, 6) is 1.49. The smallest absolute Gasteiger partial charge is 0.173 e. The van der Waals surface area contributed by atoms with Gasteiger partial charge in [0.05, 0.1) is 7.11 Å².